The number of hydrogen-bond donors (Lipinski definition) is 0. The summed E-state index contributed by atoms with van der Waals surface area (Å²) in [7, 11) is 3.14. The quantitative estimate of drug-likeness (QED) is 0.727. The molecule has 118 valence electrons. The molecule has 0 aliphatic carbocycles. The lowest BCUT2D eigenvalue weighted by Crippen LogP contribution is -2.36. The first kappa shape index (κ1) is 17.6. The van der Waals surface area contributed by atoms with Crippen molar-refractivity contribution in [2.75, 3.05) is 20.8 Å². The van der Waals surface area contributed by atoms with Gasteiger partial charge in [0.1, 0.15) is 0 Å². The predicted molar refractivity (Wildman–Crippen MR) is 85.7 cm³/mol. The molecule has 5 nitrogen and oxygen atoms in total. The number of carbonyl (C=O) groups excluding carboxylic acids is 1. The highest BCUT2D eigenvalue weighted by Crippen LogP contribution is 2.27. The maximum Gasteiger partial charge on any atom is 0.246 e. The molecule has 0 unspecified atom stereocenters. The molecule has 22 heavy (non-hydrogen) atoms. The van der Waals surface area contributed by atoms with Gasteiger partial charge in [-0.15, -0.1) is 0 Å². The molecule has 1 aromatic rings. The van der Waals surface area contributed by atoms with Crippen molar-refractivity contribution in [2.24, 2.45) is 0 Å². The Balaban J connectivity index is 2.86. The van der Waals surface area contributed by atoms with Crippen LogP contribution in [0.3, 0.4) is 0 Å². The van der Waals surface area contributed by atoms with E-state index < -0.39 is 0 Å². The first-order chi connectivity index (χ1) is 10.5. The fourth-order valence-electron chi connectivity index (χ4n) is 2.01. The number of nitriles is 1. The first-order valence-corrected chi connectivity index (χ1v) is 7.11. The van der Waals surface area contributed by atoms with Gasteiger partial charge in [-0.1, -0.05) is 6.07 Å². The van der Waals surface area contributed by atoms with Gasteiger partial charge in [-0.05, 0) is 37.6 Å². The second kappa shape index (κ2) is 8.73. The molecule has 0 heterocycles. The van der Waals surface area contributed by atoms with Crippen LogP contribution in [-0.2, 0) is 4.79 Å². The molecule has 0 spiro atoms. The topological polar surface area (TPSA) is 62.6 Å². The van der Waals surface area contributed by atoms with E-state index in [4.69, 9.17) is 14.7 Å². The zero-order valence-electron chi connectivity index (χ0n) is 13.5. The summed E-state index contributed by atoms with van der Waals surface area (Å²) in [4.78, 5) is 13.9. The standard InChI is InChI=1S/C17H22N2O3/c1-13(2)19(11-5-10-18)17(20)9-7-14-6-8-15(21-3)16(12-14)22-4/h6-9,12-13H,5,11H2,1-4H3/b9-7-. The molecular formula is C17H22N2O3. The molecule has 0 aromatic heterocycles. The summed E-state index contributed by atoms with van der Waals surface area (Å²) in [5.41, 5.74) is 0.843. The number of methoxy groups -OCH3 is 2. The Hall–Kier alpha value is -2.48. The van der Waals surface area contributed by atoms with Crippen LogP contribution in [0.15, 0.2) is 24.3 Å². The van der Waals surface area contributed by atoms with Gasteiger partial charge in [0.05, 0.1) is 26.7 Å². The maximum atomic E-state index is 12.2. The summed E-state index contributed by atoms with van der Waals surface area (Å²) in [6, 6.07) is 7.55. The second-order valence-electron chi connectivity index (χ2n) is 4.98. The SMILES string of the molecule is COc1ccc(/C=C\C(=O)N(CCC#N)C(C)C)cc1OC. The smallest absolute Gasteiger partial charge is 0.246 e. The predicted octanol–water partition coefficient (Wildman–Crippen LogP) is 2.87. The summed E-state index contributed by atoms with van der Waals surface area (Å²) >= 11 is 0. The van der Waals surface area contributed by atoms with Gasteiger partial charge >= 0.3 is 0 Å². The molecule has 0 aliphatic heterocycles. The highest BCUT2D eigenvalue weighted by atomic mass is 16.5. The Morgan fingerprint density at radius 2 is 2.00 bits per heavy atom. The third-order valence-corrected chi connectivity index (χ3v) is 3.20. The van der Waals surface area contributed by atoms with Crippen molar-refractivity contribution in [3.63, 3.8) is 0 Å². The third-order valence-electron chi connectivity index (χ3n) is 3.20. The summed E-state index contributed by atoms with van der Waals surface area (Å²) < 4.78 is 10.4. The van der Waals surface area contributed by atoms with Crippen molar-refractivity contribution in [1.29, 1.82) is 5.26 Å². The molecule has 0 saturated heterocycles. The molecule has 0 fully saturated rings. The first-order valence-electron chi connectivity index (χ1n) is 7.11. The number of rotatable bonds is 7. The van der Waals surface area contributed by atoms with Crippen LogP contribution in [0.4, 0.5) is 0 Å². The van der Waals surface area contributed by atoms with E-state index >= 15 is 0 Å². The van der Waals surface area contributed by atoms with Crippen LogP contribution >= 0.6 is 0 Å². The summed E-state index contributed by atoms with van der Waals surface area (Å²) in [6.45, 7) is 4.29. The number of carbonyl (C=O) groups is 1. The van der Waals surface area contributed by atoms with E-state index in [0.29, 0.717) is 24.5 Å². The van der Waals surface area contributed by atoms with Crippen molar-refractivity contribution < 1.29 is 14.3 Å². The van der Waals surface area contributed by atoms with E-state index in [2.05, 4.69) is 6.07 Å². The molecule has 0 N–H and O–H groups in total. The van der Waals surface area contributed by atoms with Crippen LogP contribution in [0, 0.1) is 11.3 Å². The lowest BCUT2D eigenvalue weighted by Gasteiger charge is -2.24. The fraction of sp³-hybridized carbons (Fsp3) is 0.412. The van der Waals surface area contributed by atoms with E-state index in [1.165, 1.54) is 6.08 Å². The third kappa shape index (κ3) is 4.81. The Bertz CT molecular complexity index is 574. The maximum absolute atomic E-state index is 12.2. The molecule has 0 aliphatic rings. The van der Waals surface area contributed by atoms with Gasteiger partial charge in [-0.25, -0.2) is 0 Å². The molecule has 0 saturated carbocycles. The number of hydrogen-bond acceptors (Lipinski definition) is 4. The largest absolute Gasteiger partial charge is 0.493 e. The van der Waals surface area contributed by atoms with Gasteiger partial charge in [-0.2, -0.15) is 5.26 Å². The summed E-state index contributed by atoms with van der Waals surface area (Å²) in [5, 5.41) is 8.66. The molecular weight excluding hydrogens is 280 g/mol. The van der Waals surface area contributed by atoms with Crippen LogP contribution in [0.25, 0.3) is 6.08 Å². The second-order valence-corrected chi connectivity index (χ2v) is 4.98. The van der Waals surface area contributed by atoms with Crippen LogP contribution in [0.5, 0.6) is 11.5 Å². The van der Waals surface area contributed by atoms with Crippen LogP contribution in [0.1, 0.15) is 25.8 Å². The molecule has 0 atom stereocenters. The van der Waals surface area contributed by atoms with Crippen LogP contribution < -0.4 is 9.47 Å². The van der Waals surface area contributed by atoms with E-state index in [0.717, 1.165) is 5.56 Å². The molecule has 1 aromatic carbocycles. The molecule has 1 rings (SSSR count). The van der Waals surface area contributed by atoms with Gasteiger partial charge in [0.2, 0.25) is 5.91 Å². The monoisotopic (exact) mass is 302 g/mol. The van der Waals surface area contributed by atoms with E-state index in [1.807, 2.05) is 19.9 Å². The zero-order valence-corrected chi connectivity index (χ0v) is 13.5. The van der Waals surface area contributed by atoms with Gasteiger partial charge in [0.25, 0.3) is 0 Å². The molecule has 5 heteroatoms. The summed E-state index contributed by atoms with van der Waals surface area (Å²) in [5.74, 6) is 1.14. The average Bonchev–Trinajstić information content (AvgIpc) is 2.52. The van der Waals surface area contributed by atoms with Crippen molar-refractivity contribution in [2.45, 2.75) is 26.3 Å². The van der Waals surface area contributed by atoms with Gasteiger partial charge < -0.3 is 14.4 Å². The van der Waals surface area contributed by atoms with Crippen molar-refractivity contribution >= 4 is 12.0 Å². The minimum Gasteiger partial charge on any atom is -0.493 e. The van der Waals surface area contributed by atoms with Gasteiger partial charge in [-0.3, -0.25) is 4.79 Å². The molecule has 0 radical (unpaired) electrons. The Kier molecular flexibility index (Phi) is 6.97. The number of benzene rings is 1. The normalized spacial score (nSPS) is 10.5. The minimum absolute atomic E-state index is 0.0518. The Morgan fingerprint density at radius 1 is 1.32 bits per heavy atom. The Morgan fingerprint density at radius 3 is 2.55 bits per heavy atom. The highest BCUT2D eigenvalue weighted by molar-refractivity contribution is 5.92. The lowest BCUT2D eigenvalue weighted by molar-refractivity contribution is -0.127. The highest BCUT2D eigenvalue weighted by Gasteiger charge is 2.13. The molecule has 1 amide bonds. The van der Waals surface area contributed by atoms with Crippen molar-refractivity contribution in [3.05, 3.63) is 29.8 Å². The van der Waals surface area contributed by atoms with Crippen LogP contribution in [-0.4, -0.2) is 37.6 Å². The van der Waals surface area contributed by atoms with E-state index in [9.17, 15) is 4.79 Å². The van der Waals surface area contributed by atoms with E-state index in [-0.39, 0.29) is 11.9 Å². The Labute approximate surface area is 131 Å². The van der Waals surface area contributed by atoms with Crippen molar-refractivity contribution in [3.8, 4) is 17.6 Å². The lowest BCUT2D eigenvalue weighted by atomic mass is 10.1. The number of nitrogens with zero attached hydrogens (tertiary/aromatic N) is 2. The molecule has 0 bridgehead atoms. The summed E-state index contributed by atoms with van der Waals surface area (Å²) in [6.07, 6.45) is 3.57. The van der Waals surface area contributed by atoms with Gasteiger partial charge in [0.15, 0.2) is 11.5 Å². The van der Waals surface area contributed by atoms with E-state index in [1.54, 1.807) is 37.3 Å². The van der Waals surface area contributed by atoms with Gasteiger partial charge in [0, 0.05) is 18.7 Å². The zero-order chi connectivity index (χ0) is 16.5. The number of ether oxygens (including phenoxy) is 2. The fourth-order valence-corrected chi connectivity index (χ4v) is 2.01. The van der Waals surface area contributed by atoms with Crippen molar-refractivity contribution in [1.82, 2.24) is 4.90 Å². The minimum atomic E-state index is -0.111. The average molecular weight is 302 g/mol. The number of amides is 1. The van der Waals surface area contributed by atoms with Crippen LogP contribution in [0.2, 0.25) is 0 Å².